The van der Waals surface area contributed by atoms with Crippen molar-refractivity contribution in [2.75, 3.05) is 26.7 Å². The van der Waals surface area contributed by atoms with Crippen LogP contribution in [0.15, 0.2) is 24.3 Å². The van der Waals surface area contributed by atoms with Crippen molar-refractivity contribution in [2.24, 2.45) is 17.8 Å². The minimum atomic E-state index is -1.23. The fraction of sp³-hybridized carbons (Fsp3) is 0.720. The molecule has 0 aliphatic carbocycles. The van der Waals surface area contributed by atoms with Crippen LogP contribution in [0.5, 0.6) is 0 Å². The van der Waals surface area contributed by atoms with Crippen LogP contribution in [-0.2, 0) is 19.1 Å². The number of amides is 3. The van der Waals surface area contributed by atoms with Crippen LogP contribution in [0.4, 0.5) is 0 Å². The molecule has 4 rings (SSSR count). The summed E-state index contributed by atoms with van der Waals surface area (Å²) in [5, 5.41) is 10.2. The van der Waals surface area contributed by atoms with Gasteiger partial charge in [-0.05, 0) is 19.3 Å². The van der Waals surface area contributed by atoms with Gasteiger partial charge in [0.15, 0.2) is 0 Å². The van der Waals surface area contributed by atoms with Gasteiger partial charge in [-0.15, -0.1) is 0 Å². The first-order valence-electron chi connectivity index (χ1n) is 12.2. The average Bonchev–Trinajstić information content (AvgIpc) is 3.08. The number of aliphatic hydroxyl groups excluding tert-OH is 1. The number of ether oxygens (including phenoxy) is 1. The second-order valence-corrected chi connectivity index (χ2v) is 10.3. The van der Waals surface area contributed by atoms with Crippen molar-refractivity contribution in [3.63, 3.8) is 0 Å². The Morgan fingerprint density at radius 3 is 2.48 bits per heavy atom. The maximum Gasteiger partial charge on any atom is 0.249 e. The molecule has 2 saturated heterocycles. The van der Waals surface area contributed by atoms with E-state index >= 15 is 0 Å². The van der Waals surface area contributed by atoms with Gasteiger partial charge in [-0.25, -0.2) is 0 Å². The molecule has 0 radical (unpaired) electrons. The van der Waals surface area contributed by atoms with E-state index in [-0.39, 0.29) is 36.3 Å². The Hall–Kier alpha value is -2.19. The largest absolute Gasteiger partial charge is 0.394 e. The molecule has 4 heterocycles. The molecule has 4 aliphatic rings. The van der Waals surface area contributed by atoms with Gasteiger partial charge in [0.2, 0.25) is 17.7 Å². The maximum atomic E-state index is 14.1. The number of fused-ring (bicyclic) bond motifs is 2. The van der Waals surface area contributed by atoms with Crippen LogP contribution in [0.3, 0.4) is 0 Å². The zero-order valence-electron chi connectivity index (χ0n) is 20.3. The third-order valence-electron chi connectivity index (χ3n) is 7.88. The SMILES string of the molecule is CCCC(C)N1CC=C[C@]23O[C@@H]4C=CCN(C)C(=O)[C@@H]4[C@H]2C(=O)N([C@@H](CO)C(C)C)C3C1=O. The van der Waals surface area contributed by atoms with Crippen molar-refractivity contribution in [1.82, 2.24) is 14.7 Å². The number of carbonyl (C=O) groups excluding carboxylic acids is 3. The van der Waals surface area contributed by atoms with Crippen LogP contribution in [0.25, 0.3) is 0 Å². The zero-order valence-corrected chi connectivity index (χ0v) is 20.3. The highest BCUT2D eigenvalue weighted by Crippen LogP contribution is 2.54. The number of likely N-dealkylation sites (N-methyl/N-ethyl adjacent to an activating group) is 1. The molecule has 1 spiro atoms. The van der Waals surface area contributed by atoms with E-state index in [4.69, 9.17) is 4.74 Å². The molecule has 4 aliphatic heterocycles. The molecule has 0 aromatic heterocycles. The number of hydrogen-bond donors (Lipinski definition) is 1. The van der Waals surface area contributed by atoms with E-state index in [0.29, 0.717) is 13.1 Å². The Bertz CT molecular complexity index is 870. The number of likely N-dealkylation sites (tertiary alicyclic amines) is 1. The Labute approximate surface area is 196 Å². The molecular formula is C25H37N3O5. The van der Waals surface area contributed by atoms with Gasteiger partial charge in [-0.2, -0.15) is 0 Å². The van der Waals surface area contributed by atoms with Crippen LogP contribution < -0.4 is 0 Å². The smallest absolute Gasteiger partial charge is 0.249 e. The summed E-state index contributed by atoms with van der Waals surface area (Å²) in [6.07, 6.45) is 8.75. The molecule has 8 nitrogen and oxygen atoms in total. The molecule has 3 amide bonds. The summed E-state index contributed by atoms with van der Waals surface area (Å²) in [6, 6.07) is -1.45. The predicted molar refractivity (Wildman–Crippen MR) is 123 cm³/mol. The second-order valence-electron chi connectivity index (χ2n) is 10.3. The fourth-order valence-corrected chi connectivity index (χ4v) is 6.17. The lowest BCUT2D eigenvalue weighted by Crippen LogP contribution is -2.60. The standard InChI is InChI=1S/C25H37N3O5/c1-6-9-16(4)27-13-8-11-25-20(19-18(33-25)10-7-12-26(5)22(19)30)23(31)28(21(25)24(27)32)17(14-29)15(2)3/h7-8,10-11,15-21,29H,6,9,12-14H2,1-5H3/t16?,17-,18+,19-,20-,21?,25-/m0/s1. The van der Waals surface area contributed by atoms with Crippen LogP contribution >= 0.6 is 0 Å². The number of aliphatic hydroxyl groups is 1. The van der Waals surface area contributed by atoms with Crippen LogP contribution in [-0.4, -0.2) is 94.1 Å². The summed E-state index contributed by atoms with van der Waals surface area (Å²) in [7, 11) is 1.72. The summed E-state index contributed by atoms with van der Waals surface area (Å²) < 4.78 is 6.58. The molecule has 0 aromatic rings. The van der Waals surface area contributed by atoms with Crippen LogP contribution in [0.2, 0.25) is 0 Å². The molecule has 0 bridgehead atoms. The normalized spacial score (nSPS) is 35.5. The summed E-state index contributed by atoms with van der Waals surface area (Å²) >= 11 is 0. The van der Waals surface area contributed by atoms with E-state index in [2.05, 4.69) is 6.92 Å². The second kappa shape index (κ2) is 8.87. The number of carbonyl (C=O) groups is 3. The van der Waals surface area contributed by atoms with Gasteiger partial charge < -0.3 is 24.5 Å². The lowest BCUT2D eigenvalue weighted by molar-refractivity contribution is -0.153. The monoisotopic (exact) mass is 459 g/mol. The molecule has 0 saturated carbocycles. The summed E-state index contributed by atoms with van der Waals surface area (Å²) in [4.78, 5) is 46.5. The van der Waals surface area contributed by atoms with Gasteiger partial charge >= 0.3 is 0 Å². The lowest BCUT2D eigenvalue weighted by Gasteiger charge is -2.41. The van der Waals surface area contributed by atoms with Crippen molar-refractivity contribution < 1.29 is 24.2 Å². The van der Waals surface area contributed by atoms with Gasteiger partial charge in [0.1, 0.15) is 11.6 Å². The molecule has 0 aromatic carbocycles. The predicted octanol–water partition coefficient (Wildman–Crippen LogP) is 1.20. The highest BCUT2D eigenvalue weighted by molar-refractivity contribution is 6.00. The van der Waals surface area contributed by atoms with E-state index in [1.165, 1.54) is 0 Å². The molecule has 2 unspecified atom stereocenters. The van der Waals surface area contributed by atoms with Gasteiger partial charge in [0.25, 0.3) is 0 Å². The van der Waals surface area contributed by atoms with E-state index in [1.807, 2.05) is 50.0 Å². The van der Waals surface area contributed by atoms with E-state index in [1.54, 1.807) is 16.8 Å². The first-order chi connectivity index (χ1) is 15.7. The Morgan fingerprint density at radius 1 is 1.12 bits per heavy atom. The van der Waals surface area contributed by atoms with Crippen molar-refractivity contribution >= 4 is 17.7 Å². The van der Waals surface area contributed by atoms with E-state index < -0.39 is 35.6 Å². The number of nitrogens with zero attached hydrogens (tertiary/aromatic N) is 3. The molecule has 2 fully saturated rings. The summed E-state index contributed by atoms with van der Waals surface area (Å²) in [6.45, 7) is 8.60. The first-order valence-corrected chi connectivity index (χ1v) is 12.2. The maximum absolute atomic E-state index is 14.1. The summed E-state index contributed by atoms with van der Waals surface area (Å²) in [5.41, 5.74) is -1.23. The number of rotatable bonds is 6. The highest BCUT2D eigenvalue weighted by atomic mass is 16.5. The minimum absolute atomic E-state index is 0.00414. The van der Waals surface area contributed by atoms with Gasteiger partial charge in [0.05, 0.1) is 30.6 Å². The molecule has 1 N–H and O–H groups in total. The highest BCUT2D eigenvalue weighted by Gasteiger charge is 2.72. The third kappa shape index (κ3) is 3.53. The first kappa shape index (κ1) is 24.0. The molecule has 33 heavy (non-hydrogen) atoms. The Balaban J connectivity index is 1.86. The average molecular weight is 460 g/mol. The van der Waals surface area contributed by atoms with Gasteiger partial charge in [-0.3, -0.25) is 14.4 Å². The lowest BCUT2D eigenvalue weighted by atomic mass is 9.77. The van der Waals surface area contributed by atoms with Crippen LogP contribution in [0.1, 0.15) is 40.5 Å². The zero-order chi connectivity index (χ0) is 24.1. The molecular weight excluding hydrogens is 422 g/mol. The van der Waals surface area contributed by atoms with Crippen molar-refractivity contribution in [3.05, 3.63) is 24.3 Å². The quantitative estimate of drug-likeness (QED) is 0.603. The van der Waals surface area contributed by atoms with Crippen molar-refractivity contribution in [2.45, 2.75) is 70.4 Å². The summed E-state index contributed by atoms with van der Waals surface area (Å²) in [5.74, 6) is -2.17. The van der Waals surface area contributed by atoms with Crippen molar-refractivity contribution in [1.29, 1.82) is 0 Å². The minimum Gasteiger partial charge on any atom is -0.394 e. The topological polar surface area (TPSA) is 90.4 Å². The van der Waals surface area contributed by atoms with E-state index in [0.717, 1.165) is 12.8 Å². The van der Waals surface area contributed by atoms with Crippen LogP contribution in [0, 0.1) is 17.8 Å². The van der Waals surface area contributed by atoms with Gasteiger partial charge in [0, 0.05) is 26.2 Å². The van der Waals surface area contributed by atoms with Crippen molar-refractivity contribution in [3.8, 4) is 0 Å². The Morgan fingerprint density at radius 2 is 1.85 bits per heavy atom. The molecule has 7 atom stereocenters. The third-order valence-corrected chi connectivity index (χ3v) is 7.88. The van der Waals surface area contributed by atoms with Gasteiger partial charge in [-0.1, -0.05) is 51.5 Å². The van der Waals surface area contributed by atoms with E-state index in [9.17, 15) is 19.5 Å². The molecule has 182 valence electrons. The Kier molecular flexibility index (Phi) is 6.44. The number of hydrogen-bond acceptors (Lipinski definition) is 5. The fourth-order valence-electron chi connectivity index (χ4n) is 6.17. The molecule has 8 heteroatoms.